The topological polar surface area (TPSA) is 12.4 Å². The molecule has 0 aromatic heterocycles. The molecule has 2 unspecified atom stereocenters. The van der Waals surface area contributed by atoms with Crippen molar-refractivity contribution in [2.75, 3.05) is 0 Å². The number of nitrogens with zero attached hydrogens (tertiary/aromatic N) is 1. The first-order chi connectivity index (χ1) is 11.4. The molecule has 24 heavy (non-hydrogen) atoms. The third kappa shape index (κ3) is 1.53. The Morgan fingerprint density at radius 1 is 0.833 bits per heavy atom. The van der Waals surface area contributed by atoms with Crippen LogP contribution in [-0.2, 0) is 10.8 Å². The number of aliphatic imine (C=N–C) groups is 1. The molecule has 0 radical (unpaired) electrons. The van der Waals surface area contributed by atoms with E-state index in [0.29, 0.717) is 5.92 Å². The zero-order valence-electron chi connectivity index (χ0n) is 14.8. The maximum Gasteiger partial charge on any atom is 0.0830 e. The van der Waals surface area contributed by atoms with E-state index < -0.39 is 0 Å². The first kappa shape index (κ1) is 14.2. The Morgan fingerprint density at radius 2 is 1.50 bits per heavy atom. The smallest absolute Gasteiger partial charge is 0.0830 e. The van der Waals surface area contributed by atoms with Crippen molar-refractivity contribution in [1.82, 2.24) is 0 Å². The average Bonchev–Trinajstić information content (AvgIpc) is 2.95. The number of allylic oxidation sites excluding steroid dienone is 1. The molecule has 0 saturated heterocycles. The Kier molecular flexibility index (Phi) is 2.53. The van der Waals surface area contributed by atoms with Crippen LogP contribution in [0.4, 0.5) is 0 Å². The Morgan fingerprint density at radius 3 is 2.29 bits per heavy atom. The van der Waals surface area contributed by atoms with E-state index in [2.05, 4.69) is 82.3 Å². The molecule has 0 bridgehead atoms. The van der Waals surface area contributed by atoms with Crippen molar-refractivity contribution < 1.29 is 0 Å². The molecule has 1 nitrogen and oxygen atoms in total. The first-order valence-corrected chi connectivity index (χ1v) is 8.92. The van der Waals surface area contributed by atoms with Crippen LogP contribution in [0.5, 0.6) is 0 Å². The van der Waals surface area contributed by atoms with E-state index in [1.807, 2.05) is 0 Å². The van der Waals surface area contributed by atoms with Crippen molar-refractivity contribution in [1.29, 1.82) is 0 Å². The van der Waals surface area contributed by atoms with Crippen molar-refractivity contribution in [3.05, 3.63) is 82.4 Å². The lowest BCUT2D eigenvalue weighted by atomic mass is 9.73. The fourth-order valence-electron chi connectivity index (χ4n) is 5.12. The Hall–Kier alpha value is -2.15. The summed E-state index contributed by atoms with van der Waals surface area (Å²) in [5.41, 5.74) is 8.45. The summed E-state index contributed by atoms with van der Waals surface area (Å²) in [5, 5.41) is 0. The third-order valence-corrected chi connectivity index (χ3v) is 6.55. The van der Waals surface area contributed by atoms with Crippen molar-refractivity contribution in [3.8, 4) is 0 Å². The minimum Gasteiger partial charge on any atom is -0.276 e. The molecular formula is C23H23N. The van der Waals surface area contributed by atoms with E-state index in [-0.39, 0.29) is 16.9 Å². The van der Waals surface area contributed by atoms with Crippen LogP contribution in [0.25, 0.3) is 0 Å². The van der Waals surface area contributed by atoms with Gasteiger partial charge >= 0.3 is 0 Å². The van der Waals surface area contributed by atoms with Gasteiger partial charge in [0, 0.05) is 16.9 Å². The maximum atomic E-state index is 5.33. The molecule has 1 heteroatoms. The fraction of sp³-hybridized carbons (Fsp3) is 0.348. The summed E-state index contributed by atoms with van der Waals surface area (Å²) in [6, 6.07) is 17.9. The SMILES string of the molecule is CC1(C)C2=CC3C(N=C2c2ccccc21)c1ccccc1C3(C)C. The number of hydrogen-bond donors (Lipinski definition) is 0. The van der Waals surface area contributed by atoms with Gasteiger partial charge in [0.05, 0.1) is 11.8 Å². The van der Waals surface area contributed by atoms with Gasteiger partial charge in [0.1, 0.15) is 0 Å². The highest BCUT2D eigenvalue weighted by atomic mass is 14.9. The fourth-order valence-corrected chi connectivity index (χ4v) is 5.12. The van der Waals surface area contributed by atoms with E-state index in [0.717, 1.165) is 0 Å². The molecule has 0 fully saturated rings. The number of rotatable bonds is 0. The predicted octanol–water partition coefficient (Wildman–Crippen LogP) is 5.36. The molecule has 0 spiro atoms. The quantitative estimate of drug-likeness (QED) is 0.621. The second kappa shape index (κ2) is 4.27. The Balaban J connectivity index is 1.78. The predicted molar refractivity (Wildman–Crippen MR) is 99.8 cm³/mol. The molecule has 0 N–H and O–H groups in total. The number of benzene rings is 2. The highest BCUT2D eigenvalue weighted by molar-refractivity contribution is 6.19. The van der Waals surface area contributed by atoms with E-state index in [1.54, 1.807) is 0 Å². The van der Waals surface area contributed by atoms with Crippen LogP contribution in [-0.4, -0.2) is 5.71 Å². The summed E-state index contributed by atoms with van der Waals surface area (Å²) in [6.07, 6.45) is 2.55. The lowest BCUT2D eigenvalue weighted by molar-refractivity contribution is 0.367. The van der Waals surface area contributed by atoms with Crippen molar-refractivity contribution in [2.45, 2.75) is 44.6 Å². The maximum absolute atomic E-state index is 5.33. The lowest BCUT2D eigenvalue weighted by Gasteiger charge is -2.33. The van der Waals surface area contributed by atoms with Crippen LogP contribution in [0, 0.1) is 5.92 Å². The standard InChI is InChI=1S/C23H23N/c1-22(2)16-11-7-5-9-14(16)20-18(22)13-19-21(24-20)15-10-6-8-12-17(15)23(19,3)4/h5-13,18,20H,1-4H3. The van der Waals surface area contributed by atoms with E-state index >= 15 is 0 Å². The van der Waals surface area contributed by atoms with Crippen LogP contribution in [0.2, 0.25) is 0 Å². The van der Waals surface area contributed by atoms with Crippen LogP contribution in [0.15, 0.2) is 65.2 Å². The second-order valence-electron chi connectivity index (χ2n) is 8.51. The Bertz CT molecular complexity index is 927. The van der Waals surface area contributed by atoms with Crippen LogP contribution >= 0.6 is 0 Å². The van der Waals surface area contributed by atoms with Crippen LogP contribution < -0.4 is 0 Å². The molecule has 5 rings (SSSR count). The van der Waals surface area contributed by atoms with Gasteiger partial charge < -0.3 is 0 Å². The summed E-state index contributed by atoms with van der Waals surface area (Å²) in [7, 11) is 0. The zero-order chi connectivity index (χ0) is 16.7. The summed E-state index contributed by atoms with van der Waals surface area (Å²) >= 11 is 0. The normalized spacial score (nSPS) is 27.5. The van der Waals surface area contributed by atoms with E-state index in [4.69, 9.17) is 4.99 Å². The van der Waals surface area contributed by atoms with Gasteiger partial charge in [-0.05, 0) is 27.7 Å². The van der Waals surface area contributed by atoms with Crippen molar-refractivity contribution in [2.24, 2.45) is 10.9 Å². The monoisotopic (exact) mass is 313 g/mol. The summed E-state index contributed by atoms with van der Waals surface area (Å²) in [6.45, 7) is 9.44. The molecule has 0 amide bonds. The van der Waals surface area contributed by atoms with Gasteiger partial charge in [-0.25, -0.2) is 0 Å². The second-order valence-corrected chi connectivity index (χ2v) is 8.51. The molecule has 120 valence electrons. The summed E-state index contributed by atoms with van der Waals surface area (Å²) in [4.78, 5) is 5.33. The van der Waals surface area contributed by atoms with Gasteiger partial charge in [0.2, 0.25) is 0 Å². The van der Waals surface area contributed by atoms with Crippen LogP contribution in [0.3, 0.4) is 0 Å². The molecule has 1 heterocycles. The van der Waals surface area contributed by atoms with Gasteiger partial charge in [-0.2, -0.15) is 0 Å². The van der Waals surface area contributed by atoms with E-state index in [9.17, 15) is 0 Å². The van der Waals surface area contributed by atoms with Gasteiger partial charge in [-0.15, -0.1) is 0 Å². The highest BCUT2D eigenvalue weighted by Crippen LogP contribution is 2.56. The molecule has 0 saturated carbocycles. The zero-order valence-corrected chi connectivity index (χ0v) is 14.8. The number of dihydropyridines is 1. The molecule has 3 aliphatic rings. The van der Waals surface area contributed by atoms with Gasteiger partial charge in [-0.3, -0.25) is 4.99 Å². The molecule has 2 atom stereocenters. The molecule has 2 aromatic rings. The largest absolute Gasteiger partial charge is 0.276 e. The van der Waals surface area contributed by atoms with Crippen molar-refractivity contribution >= 4 is 5.71 Å². The van der Waals surface area contributed by atoms with Gasteiger partial charge in [0.25, 0.3) is 0 Å². The third-order valence-electron chi connectivity index (χ3n) is 6.55. The van der Waals surface area contributed by atoms with Crippen molar-refractivity contribution in [3.63, 3.8) is 0 Å². The molecule has 1 aliphatic heterocycles. The first-order valence-electron chi connectivity index (χ1n) is 8.92. The average molecular weight is 313 g/mol. The summed E-state index contributed by atoms with van der Waals surface area (Å²) < 4.78 is 0. The lowest BCUT2D eigenvalue weighted by Crippen LogP contribution is -2.29. The number of hydrogen-bond acceptors (Lipinski definition) is 1. The molecule has 2 aromatic carbocycles. The Labute approximate surface area is 144 Å². The highest BCUT2D eigenvalue weighted by Gasteiger charge is 2.50. The molecular weight excluding hydrogens is 290 g/mol. The molecule has 2 aliphatic carbocycles. The van der Waals surface area contributed by atoms with Gasteiger partial charge in [-0.1, -0.05) is 82.3 Å². The number of fused-ring (bicyclic) bond motifs is 6. The summed E-state index contributed by atoms with van der Waals surface area (Å²) in [5.74, 6) is 0.447. The van der Waals surface area contributed by atoms with Gasteiger partial charge in [0.15, 0.2) is 0 Å². The van der Waals surface area contributed by atoms with E-state index in [1.165, 1.54) is 33.5 Å². The minimum atomic E-state index is 0.0469. The minimum absolute atomic E-state index is 0.0469. The van der Waals surface area contributed by atoms with Crippen LogP contribution in [0.1, 0.15) is 56.0 Å².